The molecule has 1 aliphatic rings. The zero-order chi connectivity index (χ0) is 13.3. The summed E-state index contributed by atoms with van der Waals surface area (Å²) in [6, 6.07) is 4.24. The highest BCUT2D eigenvalue weighted by molar-refractivity contribution is 5.52. The number of nitrogens with one attached hydrogen (secondary N) is 1. The summed E-state index contributed by atoms with van der Waals surface area (Å²) in [6.45, 7) is 4.35. The maximum Gasteiger partial charge on any atom is 0.306 e. The molecule has 1 aromatic rings. The summed E-state index contributed by atoms with van der Waals surface area (Å²) in [5.41, 5.74) is 0.308. The Morgan fingerprint density at radius 1 is 1.50 bits per heavy atom. The Hall–Kier alpha value is -1.65. The van der Waals surface area contributed by atoms with Crippen LogP contribution >= 0.6 is 0 Å². The number of nitro groups is 1. The van der Waals surface area contributed by atoms with Crippen LogP contribution in [0.25, 0.3) is 0 Å². The van der Waals surface area contributed by atoms with Crippen molar-refractivity contribution in [1.82, 2.24) is 0 Å². The van der Waals surface area contributed by atoms with Crippen LogP contribution in [0.1, 0.15) is 33.1 Å². The first kappa shape index (κ1) is 12.8. The zero-order valence-corrected chi connectivity index (χ0v) is 10.6. The number of nitrogens with zero attached hydrogens (tertiary/aromatic N) is 1. The van der Waals surface area contributed by atoms with Gasteiger partial charge in [0.2, 0.25) is 5.82 Å². The largest absolute Gasteiger partial charge is 0.382 e. The van der Waals surface area contributed by atoms with E-state index < -0.39 is 16.4 Å². The summed E-state index contributed by atoms with van der Waals surface area (Å²) in [5, 5.41) is 14.0. The second kappa shape index (κ2) is 4.55. The van der Waals surface area contributed by atoms with E-state index in [-0.39, 0.29) is 11.5 Å². The van der Waals surface area contributed by atoms with Crippen LogP contribution in [0.4, 0.5) is 15.8 Å². The second-order valence-corrected chi connectivity index (χ2v) is 5.50. The minimum absolute atomic E-state index is 0.170. The molecule has 1 aliphatic carbocycles. The van der Waals surface area contributed by atoms with Gasteiger partial charge in [-0.2, -0.15) is 4.39 Å². The molecule has 18 heavy (non-hydrogen) atoms. The molecule has 0 heterocycles. The summed E-state index contributed by atoms with van der Waals surface area (Å²) in [7, 11) is 0. The van der Waals surface area contributed by atoms with Gasteiger partial charge in [0.25, 0.3) is 0 Å². The third-order valence-corrected chi connectivity index (χ3v) is 3.74. The van der Waals surface area contributed by atoms with E-state index in [1.165, 1.54) is 6.07 Å². The predicted molar refractivity (Wildman–Crippen MR) is 68.1 cm³/mol. The standard InChI is InChI=1S/C13H17FN2O2/c1-13(2)7-3-4-12(13)15-9-5-6-10(14)11(8-9)16(17)18/h5-6,8,12,15H,3-4,7H2,1-2H3. The van der Waals surface area contributed by atoms with E-state index >= 15 is 0 Å². The highest BCUT2D eigenvalue weighted by Crippen LogP contribution is 2.39. The molecule has 0 aromatic heterocycles. The third kappa shape index (κ3) is 2.44. The molecule has 0 aliphatic heterocycles. The maximum atomic E-state index is 13.2. The maximum absolute atomic E-state index is 13.2. The van der Waals surface area contributed by atoms with E-state index in [0.29, 0.717) is 5.69 Å². The molecule has 0 amide bonds. The molecule has 1 unspecified atom stereocenters. The monoisotopic (exact) mass is 252 g/mol. The summed E-state index contributed by atoms with van der Waals surface area (Å²) in [4.78, 5) is 9.98. The zero-order valence-electron chi connectivity index (χ0n) is 10.6. The van der Waals surface area contributed by atoms with Gasteiger partial charge in [-0.3, -0.25) is 10.1 Å². The van der Waals surface area contributed by atoms with Crippen LogP contribution in [-0.4, -0.2) is 11.0 Å². The fourth-order valence-electron chi connectivity index (χ4n) is 2.54. The van der Waals surface area contributed by atoms with Gasteiger partial charge in [0.1, 0.15) is 0 Å². The summed E-state index contributed by atoms with van der Waals surface area (Å²) in [5.74, 6) is -0.795. The molecule has 1 aromatic carbocycles. The molecule has 0 saturated heterocycles. The molecule has 1 N–H and O–H groups in total. The molecular formula is C13H17FN2O2. The molecule has 2 rings (SSSR count). The number of hydrogen-bond acceptors (Lipinski definition) is 3. The van der Waals surface area contributed by atoms with Crippen LogP contribution in [0, 0.1) is 21.3 Å². The number of hydrogen-bond donors (Lipinski definition) is 1. The van der Waals surface area contributed by atoms with Crippen LogP contribution in [0.15, 0.2) is 18.2 Å². The third-order valence-electron chi connectivity index (χ3n) is 3.74. The van der Waals surface area contributed by atoms with Gasteiger partial charge in [0.05, 0.1) is 4.92 Å². The van der Waals surface area contributed by atoms with Gasteiger partial charge in [-0.1, -0.05) is 20.3 Å². The minimum Gasteiger partial charge on any atom is -0.382 e. The van der Waals surface area contributed by atoms with E-state index in [2.05, 4.69) is 19.2 Å². The lowest BCUT2D eigenvalue weighted by Crippen LogP contribution is -2.30. The van der Waals surface area contributed by atoms with Gasteiger partial charge in [-0.25, -0.2) is 0 Å². The molecule has 5 heteroatoms. The van der Waals surface area contributed by atoms with Gasteiger partial charge < -0.3 is 5.32 Å². The minimum atomic E-state index is -0.795. The van der Waals surface area contributed by atoms with Crippen LogP contribution in [0.2, 0.25) is 0 Å². The Balaban J connectivity index is 2.20. The lowest BCUT2D eigenvalue weighted by atomic mass is 9.87. The highest BCUT2D eigenvalue weighted by Gasteiger charge is 2.34. The average Bonchev–Trinajstić information content (AvgIpc) is 2.60. The Morgan fingerprint density at radius 2 is 2.22 bits per heavy atom. The molecular weight excluding hydrogens is 235 g/mol. The summed E-state index contributed by atoms with van der Waals surface area (Å²) < 4.78 is 13.2. The molecule has 0 spiro atoms. The van der Waals surface area contributed by atoms with Crippen molar-refractivity contribution in [2.45, 2.75) is 39.2 Å². The van der Waals surface area contributed by atoms with Crippen molar-refractivity contribution in [3.63, 3.8) is 0 Å². The molecule has 1 atom stereocenters. The van der Waals surface area contributed by atoms with Crippen LogP contribution in [0.3, 0.4) is 0 Å². The van der Waals surface area contributed by atoms with Crippen molar-refractivity contribution in [3.05, 3.63) is 34.1 Å². The quantitative estimate of drug-likeness (QED) is 0.658. The molecule has 0 bridgehead atoms. The number of anilines is 1. The Morgan fingerprint density at radius 3 is 2.78 bits per heavy atom. The van der Waals surface area contributed by atoms with E-state index in [9.17, 15) is 14.5 Å². The molecule has 1 saturated carbocycles. The Bertz CT molecular complexity index is 474. The van der Waals surface area contributed by atoms with Gasteiger partial charge in [-0.15, -0.1) is 0 Å². The van der Waals surface area contributed by atoms with Crippen molar-refractivity contribution in [2.75, 3.05) is 5.32 Å². The fourth-order valence-corrected chi connectivity index (χ4v) is 2.54. The van der Waals surface area contributed by atoms with Gasteiger partial charge >= 0.3 is 5.69 Å². The Kier molecular flexibility index (Phi) is 3.24. The van der Waals surface area contributed by atoms with E-state index in [1.807, 2.05) is 0 Å². The molecule has 1 fully saturated rings. The fraction of sp³-hybridized carbons (Fsp3) is 0.538. The number of nitro benzene ring substituents is 1. The van der Waals surface area contributed by atoms with Crippen LogP contribution < -0.4 is 5.32 Å². The normalized spacial score (nSPS) is 21.8. The molecule has 4 nitrogen and oxygen atoms in total. The number of benzene rings is 1. The van der Waals surface area contributed by atoms with Crippen molar-refractivity contribution in [2.24, 2.45) is 5.41 Å². The first-order chi connectivity index (χ1) is 8.40. The van der Waals surface area contributed by atoms with Crippen molar-refractivity contribution < 1.29 is 9.31 Å². The lowest BCUT2D eigenvalue weighted by Gasteiger charge is -2.28. The van der Waals surface area contributed by atoms with Gasteiger partial charge in [0, 0.05) is 17.8 Å². The highest BCUT2D eigenvalue weighted by atomic mass is 19.1. The lowest BCUT2D eigenvalue weighted by molar-refractivity contribution is -0.387. The van der Waals surface area contributed by atoms with Crippen molar-refractivity contribution >= 4 is 11.4 Å². The first-order valence-electron chi connectivity index (χ1n) is 6.10. The Labute approximate surface area is 105 Å². The predicted octanol–water partition coefficient (Wildman–Crippen LogP) is 3.72. The topological polar surface area (TPSA) is 55.2 Å². The van der Waals surface area contributed by atoms with Gasteiger partial charge in [-0.05, 0) is 30.4 Å². The second-order valence-electron chi connectivity index (χ2n) is 5.50. The molecule has 98 valence electrons. The number of halogens is 1. The van der Waals surface area contributed by atoms with Crippen LogP contribution in [0.5, 0.6) is 0 Å². The van der Waals surface area contributed by atoms with Crippen molar-refractivity contribution in [3.8, 4) is 0 Å². The van der Waals surface area contributed by atoms with Crippen molar-refractivity contribution in [1.29, 1.82) is 0 Å². The van der Waals surface area contributed by atoms with E-state index in [0.717, 1.165) is 25.3 Å². The van der Waals surface area contributed by atoms with E-state index in [1.54, 1.807) is 6.07 Å². The smallest absolute Gasteiger partial charge is 0.306 e. The molecule has 0 radical (unpaired) electrons. The first-order valence-corrected chi connectivity index (χ1v) is 6.10. The summed E-state index contributed by atoms with van der Waals surface area (Å²) in [6.07, 6.45) is 3.32. The van der Waals surface area contributed by atoms with E-state index in [4.69, 9.17) is 0 Å². The van der Waals surface area contributed by atoms with Crippen LogP contribution in [-0.2, 0) is 0 Å². The number of rotatable bonds is 3. The SMILES string of the molecule is CC1(C)CCCC1Nc1ccc(F)c([N+](=O)[O-])c1. The average molecular weight is 252 g/mol. The summed E-state index contributed by atoms with van der Waals surface area (Å²) >= 11 is 0. The van der Waals surface area contributed by atoms with Gasteiger partial charge in [0.15, 0.2) is 0 Å².